The van der Waals surface area contributed by atoms with Crippen LogP contribution in [0.5, 0.6) is 17.2 Å². The van der Waals surface area contributed by atoms with E-state index in [0.29, 0.717) is 44.9 Å². The van der Waals surface area contributed by atoms with Crippen molar-refractivity contribution < 1.29 is 28.2 Å². The van der Waals surface area contributed by atoms with Gasteiger partial charge in [0.15, 0.2) is 0 Å². The molecule has 1 heterocycles. The van der Waals surface area contributed by atoms with Gasteiger partial charge in [-0.05, 0) is 47.5 Å². The molecule has 4 rings (SSSR count). The predicted molar refractivity (Wildman–Crippen MR) is 132 cm³/mol. The summed E-state index contributed by atoms with van der Waals surface area (Å²) in [5.41, 5.74) is 2.66. The first-order valence-electron chi connectivity index (χ1n) is 11.0. The van der Waals surface area contributed by atoms with Gasteiger partial charge in [-0.3, -0.25) is 9.59 Å². The van der Waals surface area contributed by atoms with Crippen molar-refractivity contribution in [1.29, 1.82) is 0 Å². The third-order valence-corrected chi connectivity index (χ3v) is 6.00. The normalized spacial score (nSPS) is 11.7. The van der Waals surface area contributed by atoms with Crippen LogP contribution in [-0.2, 0) is 9.53 Å². The van der Waals surface area contributed by atoms with Gasteiger partial charge in [0.1, 0.15) is 29.1 Å². The molecule has 4 aromatic rings. The van der Waals surface area contributed by atoms with Crippen molar-refractivity contribution in [3.05, 3.63) is 88.3 Å². The molecule has 180 valence electrons. The van der Waals surface area contributed by atoms with Gasteiger partial charge in [-0.1, -0.05) is 24.3 Å². The molecule has 0 fully saturated rings. The van der Waals surface area contributed by atoms with E-state index < -0.39 is 11.9 Å². The summed E-state index contributed by atoms with van der Waals surface area (Å²) < 4.78 is 27.3. The fourth-order valence-electron chi connectivity index (χ4n) is 4.18. The van der Waals surface area contributed by atoms with Gasteiger partial charge in [0.2, 0.25) is 5.43 Å². The lowest BCUT2D eigenvalue weighted by Gasteiger charge is -2.21. The minimum Gasteiger partial charge on any atom is -0.497 e. The van der Waals surface area contributed by atoms with Crippen molar-refractivity contribution in [3.63, 3.8) is 0 Å². The zero-order chi connectivity index (χ0) is 24.9. The summed E-state index contributed by atoms with van der Waals surface area (Å²) >= 11 is 0. The average molecular weight is 475 g/mol. The van der Waals surface area contributed by atoms with Gasteiger partial charge in [0.25, 0.3) is 0 Å². The van der Waals surface area contributed by atoms with Gasteiger partial charge < -0.3 is 23.4 Å². The van der Waals surface area contributed by atoms with E-state index in [1.54, 1.807) is 50.6 Å². The van der Waals surface area contributed by atoms with Crippen LogP contribution in [0.15, 0.2) is 76.1 Å². The summed E-state index contributed by atoms with van der Waals surface area (Å²) in [5.74, 6) is 0.907. The van der Waals surface area contributed by atoms with Crippen LogP contribution >= 0.6 is 0 Å². The highest BCUT2D eigenvalue weighted by Crippen LogP contribution is 2.40. The van der Waals surface area contributed by atoms with Crippen molar-refractivity contribution in [1.82, 2.24) is 0 Å². The molecule has 0 saturated carbocycles. The number of carbonyl (C=O) groups excluding carboxylic acids is 1. The second kappa shape index (κ2) is 10.3. The Morgan fingerprint density at radius 3 is 2.29 bits per heavy atom. The third-order valence-electron chi connectivity index (χ3n) is 6.00. The SMILES string of the molecule is COC(=O)C[C@H](c1cccc(OC)c1)c1c(OC)ccc2c(=O)c(-c3ccc(OC)cc3)coc12. The topological polar surface area (TPSA) is 84.2 Å². The van der Waals surface area contributed by atoms with Gasteiger partial charge >= 0.3 is 5.97 Å². The zero-order valence-electron chi connectivity index (χ0n) is 20.0. The monoisotopic (exact) mass is 474 g/mol. The van der Waals surface area contributed by atoms with Crippen molar-refractivity contribution in [2.45, 2.75) is 12.3 Å². The second-order valence-corrected chi connectivity index (χ2v) is 7.87. The van der Waals surface area contributed by atoms with E-state index in [2.05, 4.69) is 0 Å². The molecule has 0 bridgehead atoms. The van der Waals surface area contributed by atoms with Crippen LogP contribution in [0.1, 0.15) is 23.5 Å². The molecule has 7 nitrogen and oxygen atoms in total. The van der Waals surface area contributed by atoms with Crippen LogP contribution in [0.3, 0.4) is 0 Å². The summed E-state index contributed by atoms with van der Waals surface area (Å²) in [6.07, 6.45) is 1.46. The Morgan fingerprint density at radius 2 is 1.63 bits per heavy atom. The molecule has 0 aliphatic carbocycles. The molecule has 0 spiro atoms. The lowest BCUT2D eigenvalue weighted by atomic mass is 9.86. The van der Waals surface area contributed by atoms with Crippen molar-refractivity contribution in [2.75, 3.05) is 28.4 Å². The first-order valence-corrected chi connectivity index (χ1v) is 11.0. The number of rotatable bonds is 8. The molecule has 0 saturated heterocycles. The molecule has 1 atom stereocenters. The zero-order valence-corrected chi connectivity index (χ0v) is 20.0. The fraction of sp³-hybridized carbons (Fsp3) is 0.214. The van der Waals surface area contributed by atoms with Crippen molar-refractivity contribution in [3.8, 4) is 28.4 Å². The van der Waals surface area contributed by atoms with Crippen molar-refractivity contribution in [2.24, 2.45) is 0 Å². The Bertz CT molecular complexity index is 1400. The molecule has 0 radical (unpaired) electrons. The van der Waals surface area contributed by atoms with Gasteiger partial charge in [0.05, 0.1) is 45.8 Å². The molecular formula is C28H26O7. The Hall–Kier alpha value is -4.26. The van der Waals surface area contributed by atoms with E-state index in [1.807, 2.05) is 24.3 Å². The van der Waals surface area contributed by atoms with Crippen LogP contribution in [0.4, 0.5) is 0 Å². The number of carbonyl (C=O) groups is 1. The molecule has 0 unspecified atom stereocenters. The molecule has 7 heteroatoms. The number of methoxy groups -OCH3 is 4. The highest BCUT2D eigenvalue weighted by molar-refractivity contribution is 5.87. The second-order valence-electron chi connectivity index (χ2n) is 7.87. The molecule has 3 aromatic carbocycles. The lowest BCUT2D eigenvalue weighted by Crippen LogP contribution is -2.13. The number of fused-ring (bicyclic) bond motifs is 1. The first-order chi connectivity index (χ1) is 17.0. The van der Waals surface area contributed by atoms with Crippen LogP contribution in [-0.4, -0.2) is 34.4 Å². The standard InChI is InChI=1S/C28H26O7/c1-31-19-10-8-17(9-11-19)23-16-35-28-21(27(23)30)12-13-24(33-3)26(28)22(15-25(29)34-4)18-6-5-7-20(14-18)32-2/h5-14,16,22H,15H2,1-4H3/t22-/m1/s1. The summed E-state index contributed by atoms with van der Waals surface area (Å²) in [5, 5.41) is 0.381. The largest absolute Gasteiger partial charge is 0.497 e. The van der Waals surface area contributed by atoms with Gasteiger partial charge in [0, 0.05) is 11.5 Å². The highest BCUT2D eigenvalue weighted by atomic mass is 16.5. The quantitative estimate of drug-likeness (QED) is 0.325. The molecule has 35 heavy (non-hydrogen) atoms. The Labute approximate surface area is 202 Å². The summed E-state index contributed by atoms with van der Waals surface area (Å²) in [4.78, 5) is 25.9. The minimum atomic E-state index is -0.508. The molecule has 0 amide bonds. The number of benzene rings is 3. The maximum Gasteiger partial charge on any atom is 0.306 e. The molecule has 0 N–H and O–H groups in total. The molecule has 1 aromatic heterocycles. The first kappa shape index (κ1) is 23.9. The number of esters is 1. The summed E-state index contributed by atoms with van der Waals surface area (Å²) in [7, 11) is 6.04. The van der Waals surface area contributed by atoms with Crippen LogP contribution in [0.25, 0.3) is 22.1 Å². The highest BCUT2D eigenvalue weighted by Gasteiger charge is 2.27. The molecule has 0 aliphatic heterocycles. The Balaban J connectivity index is 1.94. The maximum atomic E-state index is 13.5. The molecule has 0 aliphatic rings. The number of hydrogen-bond donors (Lipinski definition) is 0. The van der Waals surface area contributed by atoms with Crippen LogP contribution < -0.4 is 19.6 Å². The number of hydrogen-bond acceptors (Lipinski definition) is 7. The van der Waals surface area contributed by atoms with Gasteiger partial charge in [-0.15, -0.1) is 0 Å². The van der Waals surface area contributed by atoms with Gasteiger partial charge in [-0.2, -0.15) is 0 Å². The lowest BCUT2D eigenvalue weighted by molar-refractivity contribution is -0.140. The molecular weight excluding hydrogens is 448 g/mol. The number of ether oxygens (including phenoxy) is 4. The van der Waals surface area contributed by atoms with E-state index in [1.165, 1.54) is 20.5 Å². The predicted octanol–water partition coefficient (Wildman–Crippen LogP) is 5.18. The van der Waals surface area contributed by atoms with Crippen LogP contribution in [0.2, 0.25) is 0 Å². The van der Waals surface area contributed by atoms with Crippen molar-refractivity contribution >= 4 is 16.9 Å². The Kier molecular flexibility index (Phi) is 7.06. The third kappa shape index (κ3) is 4.71. The summed E-state index contributed by atoms with van der Waals surface area (Å²) in [6.45, 7) is 0. The van der Waals surface area contributed by atoms with E-state index in [9.17, 15) is 9.59 Å². The minimum absolute atomic E-state index is 0.0169. The van der Waals surface area contributed by atoms with E-state index in [0.717, 1.165) is 5.56 Å². The fourth-order valence-corrected chi connectivity index (χ4v) is 4.18. The van der Waals surface area contributed by atoms with Gasteiger partial charge in [-0.25, -0.2) is 0 Å². The van der Waals surface area contributed by atoms with E-state index in [-0.39, 0.29) is 11.8 Å². The van der Waals surface area contributed by atoms with Crippen LogP contribution in [0, 0.1) is 0 Å². The van der Waals surface area contributed by atoms with E-state index in [4.69, 9.17) is 23.4 Å². The average Bonchev–Trinajstić information content (AvgIpc) is 2.91. The smallest absolute Gasteiger partial charge is 0.306 e. The maximum absolute atomic E-state index is 13.5. The Morgan fingerprint density at radius 1 is 0.886 bits per heavy atom. The van der Waals surface area contributed by atoms with E-state index >= 15 is 0 Å². The summed E-state index contributed by atoms with van der Waals surface area (Å²) in [6, 6.07) is 18.0.